The van der Waals surface area contributed by atoms with Crippen LogP contribution < -0.4 is 4.74 Å². The van der Waals surface area contributed by atoms with Crippen LogP contribution in [0.4, 0.5) is 0 Å². The third-order valence-corrected chi connectivity index (χ3v) is 3.38. The molecule has 0 spiro atoms. The second-order valence-corrected chi connectivity index (χ2v) is 5.25. The summed E-state index contributed by atoms with van der Waals surface area (Å²) in [5.74, 6) is 1.52. The normalized spacial score (nSPS) is 14.4. The average Bonchev–Trinajstić information content (AvgIpc) is 2.39. The first-order valence-corrected chi connectivity index (χ1v) is 7.16. The van der Waals surface area contributed by atoms with Crippen molar-refractivity contribution in [2.24, 2.45) is 5.92 Å². The Bertz CT molecular complexity index is 350. The third-order valence-electron chi connectivity index (χ3n) is 3.38. The molecule has 0 bridgehead atoms. The van der Waals surface area contributed by atoms with Crippen LogP contribution in [0.2, 0.25) is 0 Å². The van der Waals surface area contributed by atoms with Crippen LogP contribution in [0.25, 0.3) is 0 Å². The zero-order chi connectivity index (χ0) is 14.3. The predicted octanol–water partition coefficient (Wildman–Crippen LogP) is 3.10. The molecule has 0 fully saturated rings. The monoisotopic (exact) mass is 265 g/mol. The Kier molecular flexibility index (Phi) is 6.89. The summed E-state index contributed by atoms with van der Waals surface area (Å²) in [5.41, 5.74) is 0.944. The Balaban J connectivity index is 2.50. The van der Waals surface area contributed by atoms with E-state index in [-0.39, 0.29) is 0 Å². The highest BCUT2D eigenvalue weighted by atomic mass is 16.5. The Morgan fingerprint density at radius 3 is 2.32 bits per heavy atom. The van der Waals surface area contributed by atoms with Gasteiger partial charge in [-0.1, -0.05) is 32.4 Å². The molecule has 0 aliphatic carbocycles. The van der Waals surface area contributed by atoms with E-state index in [1.54, 1.807) is 0 Å². The van der Waals surface area contributed by atoms with Gasteiger partial charge >= 0.3 is 0 Å². The maximum Gasteiger partial charge on any atom is 0.119 e. The van der Waals surface area contributed by atoms with E-state index in [9.17, 15) is 5.11 Å². The molecule has 3 nitrogen and oxygen atoms in total. The van der Waals surface area contributed by atoms with Crippen LogP contribution >= 0.6 is 0 Å². The van der Waals surface area contributed by atoms with E-state index >= 15 is 0 Å². The summed E-state index contributed by atoms with van der Waals surface area (Å²) in [4.78, 5) is 2.19. The number of hydrogen-bond acceptors (Lipinski definition) is 3. The summed E-state index contributed by atoms with van der Waals surface area (Å²) < 4.78 is 5.40. The number of nitrogens with zero attached hydrogens (tertiary/aromatic N) is 1. The van der Waals surface area contributed by atoms with E-state index < -0.39 is 6.10 Å². The van der Waals surface area contributed by atoms with Crippen LogP contribution in [0.1, 0.15) is 38.9 Å². The number of likely N-dealkylation sites (N-methyl/N-ethyl adjacent to an activating group) is 1. The van der Waals surface area contributed by atoms with E-state index in [0.717, 1.165) is 17.9 Å². The zero-order valence-corrected chi connectivity index (χ0v) is 12.6. The van der Waals surface area contributed by atoms with Crippen LogP contribution in [-0.4, -0.2) is 36.8 Å². The molecular formula is C16H27NO2. The van der Waals surface area contributed by atoms with Gasteiger partial charge in [0, 0.05) is 13.1 Å². The Hall–Kier alpha value is -1.06. The third kappa shape index (κ3) is 5.62. The smallest absolute Gasteiger partial charge is 0.119 e. The number of benzene rings is 1. The lowest BCUT2D eigenvalue weighted by molar-refractivity contribution is 0.119. The molecule has 1 aromatic carbocycles. The van der Waals surface area contributed by atoms with E-state index in [0.29, 0.717) is 19.1 Å². The minimum absolute atomic E-state index is 0.440. The number of hydrogen-bond donors (Lipinski definition) is 1. The second kappa shape index (κ2) is 8.18. The van der Waals surface area contributed by atoms with Crippen LogP contribution in [0.5, 0.6) is 5.75 Å². The maximum atomic E-state index is 10.2. The standard InChI is InChI=1S/C16H27NO2/c1-5-13(3)11-17(4)12-16(18)14-7-9-15(10-8-14)19-6-2/h7-10,13,16,18H,5-6,11-12H2,1-4H3. The molecule has 1 rings (SSSR count). The molecule has 2 unspecified atom stereocenters. The molecule has 0 amide bonds. The number of ether oxygens (including phenoxy) is 1. The molecule has 0 aromatic heterocycles. The summed E-state index contributed by atoms with van der Waals surface area (Å²) >= 11 is 0. The minimum atomic E-state index is -0.440. The van der Waals surface area contributed by atoms with Gasteiger partial charge in [0.2, 0.25) is 0 Å². The number of aliphatic hydroxyl groups is 1. The zero-order valence-electron chi connectivity index (χ0n) is 12.6. The molecular weight excluding hydrogens is 238 g/mol. The van der Waals surface area contributed by atoms with Crippen molar-refractivity contribution in [2.75, 3.05) is 26.7 Å². The Morgan fingerprint density at radius 1 is 1.16 bits per heavy atom. The van der Waals surface area contributed by atoms with Crippen molar-refractivity contribution in [3.63, 3.8) is 0 Å². The van der Waals surface area contributed by atoms with Crippen molar-refractivity contribution in [3.05, 3.63) is 29.8 Å². The molecule has 0 saturated carbocycles. The number of rotatable bonds is 8. The lowest BCUT2D eigenvalue weighted by Gasteiger charge is -2.23. The van der Waals surface area contributed by atoms with E-state index in [2.05, 4.69) is 25.8 Å². The predicted molar refractivity (Wildman–Crippen MR) is 79.5 cm³/mol. The van der Waals surface area contributed by atoms with Crippen molar-refractivity contribution in [1.29, 1.82) is 0 Å². The summed E-state index contributed by atoms with van der Waals surface area (Å²) in [6.07, 6.45) is 0.730. The molecule has 108 valence electrons. The average molecular weight is 265 g/mol. The Morgan fingerprint density at radius 2 is 1.79 bits per heavy atom. The summed E-state index contributed by atoms with van der Waals surface area (Å²) in [5, 5.41) is 10.2. The van der Waals surface area contributed by atoms with Crippen molar-refractivity contribution >= 4 is 0 Å². The van der Waals surface area contributed by atoms with Gasteiger partial charge < -0.3 is 14.7 Å². The molecule has 1 N–H and O–H groups in total. The van der Waals surface area contributed by atoms with E-state index in [1.165, 1.54) is 6.42 Å². The minimum Gasteiger partial charge on any atom is -0.494 e. The summed E-state index contributed by atoms with van der Waals surface area (Å²) in [7, 11) is 2.06. The molecule has 2 atom stereocenters. The van der Waals surface area contributed by atoms with Crippen molar-refractivity contribution in [1.82, 2.24) is 4.90 Å². The van der Waals surface area contributed by atoms with Gasteiger partial charge in [0.1, 0.15) is 5.75 Å². The van der Waals surface area contributed by atoms with Gasteiger partial charge in [-0.2, -0.15) is 0 Å². The largest absolute Gasteiger partial charge is 0.494 e. The van der Waals surface area contributed by atoms with Gasteiger partial charge in [-0.25, -0.2) is 0 Å². The van der Waals surface area contributed by atoms with Crippen molar-refractivity contribution < 1.29 is 9.84 Å². The van der Waals surface area contributed by atoms with Crippen molar-refractivity contribution in [3.8, 4) is 5.75 Å². The first-order valence-electron chi connectivity index (χ1n) is 7.16. The quantitative estimate of drug-likeness (QED) is 0.784. The molecule has 0 aliphatic heterocycles. The highest BCUT2D eigenvalue weighted by molar-refractivity contribution is 5.28. The van der Waals surface area contributed by atoms with Crippen LogP contribution in [0.15, 0.2) is 24.3 Å². The van der Waals surface area contributed by atoms with Gasteiger partial charge in [0.15, 0.2) is 0 Å². The topological polar surface area (TPSA) is 32.7 Å². The number of aliphatic hydroxyl groups excluding tert-OH is 1. The SMILES string of the molecule is CCOc1ccc(C(O)CN(C)CC(C)CC)cc1. The Labute approximate surface area is 117 Å². The van der Waals surface area contributed by atoms with Gasteiger partial charge in [0.05, 0.1) is 12.7 Å². The van der Waals surface area contributed by atoms with Crippen LogP contribution in [0, 0.1) is 5.92 Å². The van der Waals surface area contributed by atoms with E-state index in [4.69, 9.17) is 4.74 Å². The van der Waals surface area contributed by atoms with Gasteiger partial charge in [0.25, 0.3) is 0 Å². The van der Waals surface area contributed by atoms with Gasteiger partial charge in [-0.15, -0.1) is 0 Å². The molecule has 3 heteroatoms. The molecule has 19 heavy (non-hydrogen) atoms. The van der Waals surface area contributed by atoms with E-state index in [1.807, 2.05) is 31.2 Å². The maximum absolute atomic E-state index is 10.2. The molecule has 0 radical (unpaired) electrons. The fourth-order valence-electron chi connectivity index (χ4n) is 2.09. The fourth-order valence-corrected chi connectivity index (χ4v) is 2.09. The first-order chi connectivity index (χ1) is 9.06. The lowest BCUT2D eigenvalue weighted by atomic mass is 10.1. The highest BCUT2D eigenvalue weighted by Crippen LogP contribution is 2.19. The highest BCUT2D eigenvalue weighted by Gasteiger charge is 2.12. The molecule has 0 heterocycles. The second-order valence-electron chi connectivity index (χ2n) is 5.25. The lowest BCUT2D eigenvalue weighted by Crippen LogP contribution is -2.28. The molecule has 0 saturated heterocycles. The van der Waals surface area contributed by atoms with Crippen LogP contribution in [-0.2, 0) is 0 Å². The van der Waals surface area contributed by atoms with Gasteiger partial charge in [-0.05, 0) is 37.6 Å². The fraction of sp³-hybridized carbons (Fsp3) is 0.625. The first kappa shape index (κ1) is 16.0. The molecule has 0 aliphatic rings. The summed E-state index contributed by atoms with van der Waals surface area (Å²) in [6, 6.07) is 7.70. The molecule has 1 aromatic rings. The van der Waals surface area contributed by atoms with Crippen LogP contribution in [0.3, 0.4) is 0 Å². The summed E-state index contributed by atoms with van der Waals surface area (Å²) in [6.45, 7) is 8.75. The van der Waals surface area contributed by atoms with Crippen molar-refractivity contribution in [2.45, 2.75) is 33.3 Å². The van der Waals surface area contributed by atoms with Gasteiger partial charge in [-0.3, -0.25) is 0 Å².